The highest BCUT2D eigenvalue weighted by atomic mass is 16.5. The van der Waals surface area contributed by atoms with Crippen LogP contribution in [0, 0.1) is 6.92 Å². The minimum absolute atomic E-state index is 0.101. The lowest BCUT2D eigenvalue weighted by molar-refractivity contribution is 0.365. The Labute approximate surface area is 150 Å². The molecule has 6 nitrogen and oxygen atoms in total. The number of rotatable bonds is 3. The molecule has 1 N–H and O–H groups in total. The summed E-state index contributed by atoms with van der Waals surface area (Å²) in [5.41, 5.74) is 4.15. The first-order valence-corrected chi connectivity index (χ1v) is 8.24. The summed E-state index contributed by atoms with van der Waals surface area (Å²) in [5, 5.41) is 2.08. The van der Waals surface area contributed by atoms with E-state index in [-0.39, 0.29) is 5.56 Å². The van der Waals surface area contributed by atoms with E-state index in [2.05, 4.69) is 29.0 Å². The SMILES string of the molecule is COc1cc(-c2cc3c4cc(C)ccc4[nH]c3n(C)c2=O)cc(OC)n1. The van der Waals surface area contributed by atoms with Crippen molar-refractivity contribution in [1.82, 2.24) is 14.5 Å². The molecule has 132 valence electrons. The lowest BCUT2D eigenvalue weighted by Gasteiger charge is -2.09. The Morgan fingerprint density at radius 2 is 1.69 bits per heavy atom. The largest absolute Gasteiger partial charge is 0.481 e. The van der Waals surface area contributed by atoms with Crippen LogP contribution in [0.25, 0.3) is 33.1 Å². The number of methoxy groups -OCH3 is 2. The summed E-state index contributed by atoms with van der Waals surface area (Å²) in [4.78, 5) is 20.5. The van der Waals surface area contributed by atoms with Crippen molar-refractivity contribution < 1.29 is 9.47 Å². The average molecular weight is 349 g/mol. The highest BCUT2D eigenvalue weighted by Gasteiger charge is 2.15. The highest BCUT2D eigenvalue weighted by molar-refractivity contribution is 6.07. The zero-order chi connectivity index (χ0) is 18.4. The molecule has 0 fully saturated rings. The third-order valence-corrected chi connectivity index (χ3v) is 4.64. The second-order valence-electron chi connectivity index (χ2n) is 6.30. The molecule has 3 heterocycles. The third-order valence-electron chi connectivity index (χ3n) is 4.64. The molecule has 0 spiro atoms. The number of aromatic amines is 1. The lowest BCUT2D eigenvalue weighted by atomic mass is 10.1. The van der Waals surface area contributed by atoms with E-state index in [1.165, 1.54) is 19.8 Å². The van der Waals surface area contributed by atoms with Gasteiger partial charge in [0.15, 0.2) is 0 Å². The van der Waals surface area contributed by atoms with Crippen LogP contribution in [0.4, 0.5) is 0 Å². The predicted molar refractivity (Wildman–Crippen MR) is 102 cm³/mol. The molecule has 1 aromatic carbocycles. The van der Waals surface area contributed by atoms with Crippen LogP contribution in [-0.4, -0.2) is 28.8 Å². The van der Waals surface area contributed by atoms with E-state index in [0.717, 1.165) is 21.9 Å². The van der Waals surface area contributed by atoms with Crippen molar-refractivity contribution in [3.8, 4) is 22.9 Å². The summed E-state index contributed by atoms with van der Waals surface area (Å²) >= 11 is 0. The van der Waals surface area contributed by atoms with Crippen LogP contribution in [0.5, 0.6) is 11.8 Å². The molecule has 26 heavy (non-hydrogen) atoms. The Morgan fingerprint density at radius 1 is 1.00 bits per heavy atom. The number of benzene rings is 1. The molecule has 0 aliphatic rings. The smallest absolute Gasteiger partial charge is 0.259 e. The molecule has 0 atom stereocenters. The second kappa shape index (κ2) is 5.91. The van der Waals surface area contributed by atoms with Crippen LogP contribution in [0.2, 0.25) is 0 Å². The normalized spacial score (nSPS) is 11.2. The molecule has 6 heteroatoms. The van der Waals surface area contributed by atoms with Crippen LogP contribution < -0.4 is 15.0 Å². The van der Waals surface area contributed by atoms with Crippen LogP contribution in [0.1, 0.15) is 5.56 Å². The fraction of sp³-hybridized carbons (Fsp3) is 0.200. The number of pyridine rings is 2. The maximum atomic E-state index is 13.0. The molecule has 0 aliphatic heterocycles. The van der Waals surface area contributed by atoms with Gasteiger partial charge in [-0.15, -0.1) is 0 Å². The van der Waals surface area contributed by atoms with Gasteiger partial charge >= 0.3 is 0 Å². The number of ether oxygens (including phenoxy) is 2. The molecule has 4 aromatic rings. The number of fused-ring (bicyclic) bond motifs is 3. The van der Waals surface area contributed by atoms with Gasteiger partial charge in [-0.3, -0.25) is 9.36 Å². The van der Waals surface area contributed by atoms with E-state index in [1.54, 1.807) is 23.7 Å². The van der Waals surface area contributed by atoms with Crippen LogP contribution in [-0.2, 0) is 7.05 Å². The first-order chi connectivity index (χ1) is 12.5. The Balaban J connectivity index is 2.07. The van der Waals surface area contributed by atoms with E-state index in [4.69, 9.17) is 9.47 Å². The molecule has 3 aromatic heterocycles. The van der Waals surface area contributed by atoms with E-state index >= 15 is 0 Å². The van der Waals surface area contributed by atoms with Crippen molar-refractivity contribution in [2.45, 2.75) is 6.92 Å². The summed E-state index contributed by atoms with van der Waals surface area (Å²) in [7, 11) is 4.84. The van der Waals surface area contributed by atoms with Crippen molar-refractivity contribution in [2.24, 2.45) is 7.05 Å². The van der Waals surface area contributed by atoms with Gasteiger partial charge in [-0.05, 0) is 30.7 Å². The topological polar surface area (TPSA) is 69.1 Å². The van der Waals surface area contributed by atoms with E-state index in [9.17, 15) is 4.79 Å². The Morgan fingerprint density at radius 3 is 2.35 bits per heavy atom. The molecule has 0 radical (unpaired) electrons. The van der Waals surface area contributed by atoms with Crippen LogP contribution in [0.3, 0.4) is 0 Å². The monoisotopic (exact) mass is 349 g/mol. The molecule has 0 bridgehead atoms. The highest BCUT2D eigenvalue weighted by Crippen LogP contribution is 2.30. The van der Waals surface area contributed by atoms with Gasteiger partial charge in [-0.25, -0.2) is 0 Å². The number of aryl methyl sites for hydroxylation is 2. The van der Waals surface area contributed by atoms with Gasteiger partial charge in [0.1, 0.15) is 5.65 Å². The standard InChI is InChI=1S/C20H19N3O3/c1-11-5-6-16-14(7-11)15-10-13(20(24)23(2)19(15)21-16)12-8-17(25-3)22-18(9-12)26-4/h5-10,21H,1-4H3. The molecule has 4 rings (SSSR count). The van der Waals surface area contributed by atoms with Crippen molar-refractivity contribution in [2.75, 3.05) is 14.2 Å². The first-order valence-electron chi connectivity index (χ1n) is 8.24. The number of H-pyrrole nitrogens is 1. The van der Waals surface area contributed by atoms with Crippen LogP contribution in [0.15, 0.2) is 41.2 Å². The van der Waals surface area contributed by atoms with Crippen molar-refractivity contribution in [1.29, 1.82) is 0 Å². The number of hydrogen-bond acceptors (Lipinski definition) is 4. The zero-order valence-electron chi connectivity index (χ0n) is 15.1. The predicted octanol–water partition coefficient (Wildman–Crippen LogP) is 3.41. The van der Waals surface area contributed by atoms with Gasteiger partial charge < -0.3 is 14.5 Å². The summed E-state index contributed by atoms with van der Waals surface area (Å²) in [6.45, 7) is 2.06. The van der Waals surface area contributed by atoms with Crippen molar-refractivity contribution in [3.05, 3.63) is 52.3 Å². The van der Waals surface area contributed by atoms with E-state index in [1.807, 2.05) is 12.1 Å². The molecule has 0 saturated carbocycles. The number of nitrogens with one attached hydrogen (secondary N) is 1. The Bertz CT molecular complexity index is 1180. The molecule has 0 unspecified atom stereocenters. The van der Waals surface area contributed by atoms with E-state index < -0.39 is 0 Å². The zero-order valence-corrected chi connectivity index (χ0v) is 15.1. The first kappa shape index (κ1) is 16.2. The molecular formula is C20H19N3O3. The second-order valence-corrected chi connectivity index (χ2v) is 6.30. The number of nitrogens with zero attached hydrogens (tertiary/aromatic N) is 2. The lowest BCUT2D eigenvalue weighted by Crippen LogP contribution is -2.19. The van der Waals surface area contributed by atoms with Gasteiger partial charge in [0.25, 0.3) is 5.56 Å². The summed E-state index contributed by atoms with van der Waals surface area (Å²) in [6.07, 6.45) is 0. The molecule has 0 aliphatic carbocycles. The number of aromatic nitrogens is 3. The maximum Gasteiger partial charge on any atom is 0.259 e. The fourth-order valence-corrected chi connectivity index (χ4v) is 3.26. The number of hydrogen-bond donors (Lipinski definition) is 1. The maximum absolute atomic E-state index is 13.0. The van der Waals surface area contributed by atoms with Crippen molar-refractivity contribution in [3.63, 3.8) is 0 Å². The molecule has 0 amide bonds. The molecule has 0 saturated heterocycles. The Hall–Kier alpha value is -3.28. The Kier molecular flexibility index (Phi) is 3.68. The van der Waals surface area contributed by atoms with E-state index in [0.29, 0.717) is 22.9 Å². The fourth-order valence-electron chi connectivity index (χ4n) is 3.26. The third kappa shape index (κ3) is 2.42. The minimum atomic E-state index is -0.101. The van der Waals surface area contributed by atoms with Crippen molar-refractivity contribution >= 4 is 21.9 Å². The van der Waals surface area contributed by atoms with Gasteiger partial charge in [0.2, 0.25) is 11.8 Å². The summed E-state index contributed by atoms with van der Waals surface area (Å²) in [6, 6.07) is 11.6. The summed E-state index contributed by atoms with van der Waals surface area (Å²) < 4.78 is 12.1. The minimum Gasteiger partial charge on any atom is -0.481 e. The van der Waals surface area contributed by atoms with Crippen LogP contribution >= 0.6 is 0 Å². The van der Waals surface area contributed by atoms with Gasteiger partial charge in [0, 0.05) is 41.0 Å². The summed E-state index contributed by atoms with van der Waals surface area (Å²) in [5.74, 6) is 0.799. The van der Waals surface area contributed by atoms with Gasteiger partial charge in [-0.2, -0.15) is 4.98 Å². The van der Waals surface area contributed by atoms with Gasteiger partial charge in [-0.1, -0.05) is 11.6 Å². The van der Waals surface area contributed by atoms with Gasteiger partial charge in [0.05, 0.1) is 14.2 Å². The average Bonchev–Trinajstić information content (AvgIpc) is 3.02. The quantitative estimate of drug-likeness (QED) is 0.615. The molecular weight excluding hydrogens is 330 g/mol.